The molecule has 0 saturated heterocycles. The summed E-state index contributed by atoms with van der Waals surface area (Å²) in [7, 11) is 0. The third-order valence-corrected chi connectivity index (χ3v) is 7.66. The minimum absolute atomic E-state index is 0.427. The molecule has 0 bridgehead atoms. The molecule has 0 aliphatic rings. The number of carbonyl (C=O) groups is 2. The van der Waals surface area contributed by atoms with Gasteiger partial charge in [-0.25, -0.2) is 0 Å². The number of ketones is 2. The van der Waals surface area contributed by atoms with Crippen LogP contribution in [-0.2, 0) is 0 Å². The van der Waals surface area contributed by atoms with Gasteiger partial charge in [0.2, 0.25) is 11.6 Å². The normalized spacial score (nSPS) is 12.1. The molecule has 2 nitrogen and oxygen atoms in total. The maximum atomic E-state index is 13.5. The summed E-state index contributed by atoms with van der Waals surface area (Å²) < 4.78 is 0. The van der Waals surface area contributed by atoms with E-state index in [4.69, 9.17) is 0 Å². The van der Waals surface area contributed by atoms with Crippen LogP contribution in [0.15, 0.2) is 109 Å². The molecule has 8 rings (SSSR count). The van der Waals surface area contributed by atoms with Crippen molar-refractivity contribution in [3.05, 3.63) is 120 Å². The van der Waals surface area contributed by atoms with Gasteiger partial charge in [-0.2, -0.15) is 0 Å². The third-order valence-electron chi connectivity index (χ3n) is 7.66. The topological polar surface area (TPSA) is 34.1 Å². The summed E-state index contributed by atoms with van der Waals surface area (Å²) in [4.78, 5) is 27.0. The predicted molar refractivity (Wildman–Crippen MR) is 149 cm³/mol. The van der Waals surface area contributed by atoms with Crippen molar-refractivity contribution in [3.8, 4) is 0 Å². The first kappa shape index (κ1) is 19.5. The Balaban J connectivity index is 1.28. The number of hydrogen-bond donors (Lipinski definition) is 0. The molecule has 0 unspecified atom stereocenters. The van der Waals surface area contributed by atoms with Gasteiger partial charge >= 0.3 is 0 Å². The van der Waals surface area contributed by atoms with E-state index in [0.29, 0.717) is 11.1 Å². The largest absolute Gasteiger partial charge is 0.285 e. The first-order chi connectivity index (χ1) is 17.7. The molecule has 0 saturated carbocycles. The molecule has 0 amide bonds. The quantitative estimate of drug-likeness (QED) is 0.151. The van der Waals surface area contributed by atoms with Crippen LogP contribution in [0.4, 0.5) is 0 Å². The highest BCUT2D eigenvalue weighted by Crippen LogP contribution is 2.37. The summed E-state index contributed by atoms with van der Waals surface area (Å²) in [6.07, 6.45) is 0. The van der Waals surface area contributed by atoms with Gasteiger partial charge in [0.05, 0.1) is 0 Å². The molecule has 0 spiro atoms. The zero-order valence-corrected chi connectivity index (χ0v) is 19.2. The van der Waals surface area contributed by atoms with E-state index in [1.807, 2.05) is 48.5 Å². The fourth-order valence-electron chi connectivity index (χ4n) is 6.03. The van der Waals surface area contributed by atoms with Gasteiger partial charge in [0, 0.05) is 11.1 Å². The smallest absolute Gasteiger partial charge is 0.233 e. The summed E-state index contributed by atoms with van der Waals surface area (Å²) in [5, 5.41) is 13.3. The summed E-state index contributed by atoms with van der Waals surface area (Å²) in [5.41, 5.74) is 0.854. The third kappa shape index (κ3) is 2.56. The van der Waals surface area contributed by atoms with Gasteiger partial charge in [0.1, 0.15) is 0 Å². The molecule has 8 aromatic carbocycles. The number of benzene rings is 8. The maximum Gasteiger partial charge on any atom is 0.233 e. The fraction of sp³-hybridized carbons (Fsp3) is 0. The van der Waals surface area contributed by atoms with Crippen LogP contribution in [-0.4, -0.2) is 11.6 Å². The molecule has 0 heterocycles. The van der Waals surface area contributed by atoms with Crippen molar-refractivity contribution in [1.29, 1.82) is 0 Å². The van der Waals surface area contributed by atoms with E-state index in [1.165, 1.54) is 32.3 Å². The molecule has 0 radical (unpaired) electrons. The van der Waals surface area contributed by atoms with Crippen LogP contribution >= 0.6 is 0 Å². The van der Waals surface area contributed by atoms with Gasteiger partial charge in [0.15, 0.2) is 0 Å². The van der Waals surface area contributed by atoms with E-state index in [-0.39, 0.29) is 0 Å². The van der Waals surface area contributed by atoms with Gasteiger partial charge in [-0.05, 0) is 88.9 Å². The van der Waals surface area contributed by atoms with Crippen LogP contribution in [0, 0.1) is 0 Å². The van der Waals surface area contributed by atoms with Gasteiger partial charge in [-0.15, -0.1) is 0 Å². The van der Waals surface area contributed by atoms with Crippen molar-refractivity contribution >= 4 is 76.2 Å². The molecular formula is C34H18O2. The first-order valence-corrected chi connectivity index (χ1v) is 12.1. The molecule has 2 heteroatoms. The minimum atomic E-state index is -0.478. The van der Waals surface area contributed by atoms with Crippen molar-refractivity contribution < 1.29 is 9.59 Å². The summed E-state index contributed by atoms with van der Waals surface area (Å²) in [5.74, 6) is -0.957. The number of carbonyl (C=O) groups excluding carboxylic acids is 2. The highest BCUT2D eigenvalue weighted by molar-refractivity contribution is 6.50. The number of rotatable bonds is 3. The van der Waals surface area contributed by atoms with Crippen molar-refractivity contribution in [1.82, 2.24) is 0 Å². The van der Waals surface area contributed by atoms with Crippen LogP contribution in [0.3, 0.4) is 0 Å². The van der Waals surface area contributed by atoms with Crippen molar-refractivity contribution in [3.63, 3.8) is 0 Å². The SMILES string of the molecule is O=C(C(=O)c1cc2ccc3cccc4ccc(c1)c2c34)c1cc2ccc3cccc4ccc(c1)c2c34. The van der Waals surface area contributed by atoms with E-state index < -0.39 is 11.6 Å². The highest BCUT2D eigenvalue weighted by Gasteiger charge is 2.22. The van der Waals surface area contributed by atoms with Gasteiger partial charge < -0.3 is 0 Å². The molecule has 0 aliphatic carbocycles. The Morgan fingerprint density at radius 3 is 0.889 bits per heavy atom. The van der Waals surface area contributed by atoms with E-state index >= 15 is 0 Å². The Bertz CT molecular complexity index is 1900. The molecular weight excluding hydrogens is 440 g/mol. The van der Waals surface area contributed by atoms with E-state index in [2.05, 4.69) is 60.7 Å². The van der Waals surface area contributed by atoms with Crippen LogP contribution < -0.4 is 0 Å². The van der Waals surface area contributed by atoms with Crippen LogP contribution in [0.2, 0.25) is 0 Å². The lowest BCUT2D eigenvalue weighted by molar-refractivity contribution is 0.0817. The Morgan fingerprint density at radius 2 is 0.583 bits per heavy atom. The lowest BCUT2D eigenvalue weighted by atomic mass is 9.89. The van der Waals surface area contributed by atoms with Gasteiger partial charge in [0.25, 0.3) is 0 Å². The molecule has 0 aromatic heterocycles. The summed E-state index contributed by atoms with van der Waals surface area (Å²) in [6, 6.07) is 36.5. The number of hydrogen-bond acceptors (Lipinski definition) is 2. The Hall–Kier alpha value is -4.82. The highest BCUT2D eigenvalue weighted by atomic mass is 16.2. The van der Waals surface area contributed by atoms with Crippen LogP contribution in [0.5, 0.6) is 0 Å². The Kier molecular flexibility index (Phi) is 3.72. The predicted octanol–water partition coefficient (Wildman–Crippen LogP) is 8.55. The zero-order chi connectivity index (χ0) is 24.0. The standard InChI is InChI=1S/C34H18O2/c35-33(27-15-23-11-7-19-3-1-4-20-8-12-24(16-27)31(23)29(19)20)34(36)28-17-25-13-9-21-5-2-6-22-10-14-26(18-28)32(25)30(21)22/h1-18H. The van der Waals surface area contributed by atoms with Crippen LogP contribution in [0.25, 0.3) is 64.6 Å². The Morgan fingerprint density at radius 1 is 0.333 bits per heavy atom. The lowest BCUT2D eigenvalue weighted by Gasteiger charge is -2.13. The van der Waals surface area contributed by atoms with E-state index in [0.717, 1.165) is 32.3 Å². The monoisotopic (exact) mass is 458 g/mol. The fourth-order valence-corrected chi connectivity index (χ4v) is 6.03. The molecule has 8 aromatic rings. The van der Waals surface area contributed by atoms with Crippen molar-refractivity contribution in [2.75, 3.05) is 0 Å². The van der Waals surface area contributed by atoms with E-state index in [9.17, 15) is 9.59 Å². The van der Waals surface area contributed by atoms with Crippen molar-refractivity contribution in [2.24, 2.45) is 0 Å². The van der Waals surface area contributed by atoms with Crippen LogP contribution in [0.1, 0.15) is 20.7 Å². The molecule has 166 valence electrons. The van der Waals surface area contributed by atoms with E-state index in [1.54, 1.807) is 0 Å². The average molecular weight is 459 g/mol. The molecule has 0 aliphatic heterocycles. The second kappa shape index (κ2) is 6.87. The van der Waals surface area contributed by atoms with Gasteiger partial charge in [-0.1, -0.05) is 84.9 Å². The number of Topliss-reactive ketones (excluding diaryl/α,β-unsaturated/α-hetero) is 2. The second-order valence-electron chi connectivity index (χ2n) is 9.67. The Labute approximate surface area is 206 Å². The molecule has 0 atom stereocenters. The maximum absolute atomic E-state index is 13.5. The molecule has 0 N–H and O–H groups in total. The second-order valence-corrected chi connectivity index (χ2v) is 9.67. The first-order valence-electron chi connectivity index (χ1n) is 12.1. The summed E-state index contributed by atoms with van der Waals surface area (Å²) in [6.45, 7) is 0. The molecule has 0 fully saturated rings. The zero-order valence-electron chi connectivity index (χ0n) is 19.2. The summed E-state index contributed by atoms with van der Waals surface area (Å²) >= 11 is 0. The van der Waals surface area contributed by atoms with Gasteiger partial charge in [-0.3, -0.25) is 9.59 Å². The lowest BCUT2D eigenvalue weighted by Crippen LogP contribution is -2.14. The van der Waals surface area contributed by atoms with Crippen molar-refractivity contribution in [2.45, 2.75) is 0 Å². The molecule has 36 heavy (non-hydrogen) atoms. The minimum Gasteiger partial charge on any atom is -0.285 e. The average Bonchev–Trinajstić information content (AvgIpc) is 2.93.